The number of rotatable bonds is 0. The minimum Gasteiger partial charge on any atom is -0.304 e. The highest BCUT2D eigenvalue weighted by molar-refractivity contribution is 5.46. The Morgan fingerprint density at radius 2 is 1.65 bits per heavy atom. The molecule has 0 aliphatic carbocycles. The van der Waals surface area contributed by atoms with Crippen LogP contribution in [0.2, 0.25) is 0 Å². The molecule has 0 saturated heterocycles. The summed E-state index contributed by atoms with van der Waals surface area (Å²) in [6.45, 7) is 13.3. The lowest BCUT2D eigenvalue weighted by Crippen LogP contribution is -2.15. The number of imidazole rings is 1. The van der Waals surface area contributed by atoms with Gasteiger partial charge in [-0.15, -0.1) is 0 Å². The fraction of sp³-hybridized carbons (Fsp3) is 0.533. The number of hydrogen-bond acceptors (Lipinski definition) is 1. The molecule has 0 saturated carbocycles. The van der Waals surface area contributed by atoms with E-state index < -0.39 is 0 Å². The highest BCUT2D eigenvalue weighted by atomic mass is 15.0. The third-order valence-electron chi connectivity index (χ3n) is 3.15. The molecule has 0 atom stereocenters. The molecule has 17 heavy (non-hydrogen) atoms. The third-order valence-corrected chi connectivity index (χ3v) is 3.15. The summed E-state index contributed by atoms with van der Waals surface area (Å²) in [5, 5.41) is 0. The molecule has 0 fully saturated rings. The lowest BCUT2D eigenvalue weighted by atomic mass is 9.88. The van der Waals surface area contributed by atoms with E-state index in [1.165, 1.54) is 11.3 Å². The van der Waals surface area contributed by atoms with Crippen molar-refractivity contribution >= 4 is 5.65 Å². The minimum absolute atomic E-state index is 0.128. The van der Waals surface area contributed by atoms with Gasteiger partial charge in [-0.2, -0.15) is 0 Å². The van der Waals surface area contributed by atoms with Crippen molar-refractivity contribution < 1.29 is 0 Å². The Bertz CT molecular complexity index is 536. The summed E-state index contributed by atoms with van der Waals surface area (Å²) in [6, 6.07) is 4.39. The van der Waals surface area contributed by atoms with Gasteiger partial charge in [0, 0.05) is 23.5 Å². The van der Waals surface area contributed by atoms with Crippen LogP contribution in [0.25, 0.3) is 5.65 Å². The molecule has 2 aromatic rings. The van der Waals surface area contributed by atoms with Gasteiger partial charge >= 0.3 is 0 Å². The maximum absolute atomic E-state index is 4.52. The lowest BCUT2D eigenvalue weighted by molar-refractivity contribution is 0.561. The molecule has 2 rings (SSSR count). The second-order valence-electron chi connectivity index (χ2n) is 6.79. The van der Waals surface area contributed by atoms with Crippen molar-refractivity contribution in [2.24, 2.45) is 0 Å². The molecule has 92 valence electrons. The fourth-order valence-electron chi connectivity index (χ4n) is 2.00. The molecule has 0 N–H and O–H groups in total. The molecule has 0 aliphatic heterocycles. The first-order valence-corrected chi connectivity index (χ1v) is 6.18. The van der Waals surface area contributed by atoms with E-state index in [2.05, 4.69) is 69.3 Å². The summed E-state index contributed by atoms with van der Waals surface area (Å²) in [6.07, 6.45) is 4.13. The third kappa shape index (κ3) is 2.21. The first-order chi connectivity index (χ1) is 7.69. The van der Waals surface area contributed by atoms with E-state index in [0.717, 1.165) is 5.65 Å². The summed E-state index contributed by atoms with van der Waals surface area (Å²) >= 11 is 0. The van der Waals surface area contributed by atoms with Gasteiger partial charge in [0.05, 0.1) is 0 Å². The van der Waals surface area contributed by atoms with Crippen molar-refractivity contribution in [1.29, 1.82) is 0 Å². The van der Waals surface area contributed by atoms with E-state index in [9.17, 15) is 0 Å². The molecule has 0 spiro atoms. The van der Waals surface area contributed by atoms with Crippen molar-refractivity contribution in [2.45, 2.75) is 52.4 Å². The van der Waals surface area contributed by atoms with Crippen LogP contribution in [0.1, 0.15) is 52.8 Å². The SMILES string of the molecule is CC(C)(C)c1ccn2c(C(C)(C)C)cnc2c1. The quantitative estimate of drug-likeness (QED) is 0.670. The van der Waals surface area contributed by atoms with E-state index in [0.29, 0.717) is 0 Å². The number of pyridine rings is 1. The van der Waals surface area contributed by atoms with Crippen LogP contribution < -0.4 is 0 Å². The van der Waals surface area contributed by atoms with Gasteiger partial charge in [-0.05, 0) is 23.1 Å². The average Bonchev–Trinajstić information content (AvgIpc) is 2.57. The molecule has 2 heteroatoms. The van der Waals surface area contributed by atoms with Gasteiger partial charge in [-0.3, -0.25) is 0 Å². The second kappa shape index (κ2) is 3.59. The molecule has 0 radical (unpaired) electrons. The fourth-order valence-corrected chi connectivity index (χ4v) is 2.00. The lowest BCUT2D eigenvalue weighted by Gasteiger charge is -2.21. The van der Waals surface area contributed by atoms with E-state index in [4.69, 9.17) is 0 Å². The van der Waals surface area contributed by atoms with Crippen LogP contribution in [0.3, 0.4) is 0 Å². The molecule has 0 amide bonds. The maximum atomic E-state index is 4.52. The second-order valence-corrected chi connectivity index (χ2v) is 6.79. The minimum atomic E-state index is 0.128. The normalized spacial score (nSPS) is 13.3. The van der Waals surface area contributed by atoms with Gasteiger partial charge in [0.1, 0.15) is 5.65 Å². The predicted molar refractivity (Wildman–Crippen MR) is 72.6 cm³/mol. The first kappa shape index (κ1) is 12.2. The highest BCUT2D eigenvalue weighted by Crippen LogP contribution is 2.27. The van der Waals surface area contributed by atoms with Gasteiger partial charge < -0.3 is 4.40 Å². The molecule has 0 bridgehead atoms. The monoisotopic (exact) mass is 230 g/mol. The zero-order valence-electron chi connectivity index (χ0n) is 11.7. The van der Waals surface area contributed by atoms with Crippen LogP contribution in [-0.2, 0) is 10.8 Å². The summed E-state index contributed by atoms with van der Waals surface area (Å²) in [4.78, 5) is 4.52. The van der Waals surface area contributed by atoms with Crippen molar-refractivity contribution in [2.75, 3.05) is 0 Å². The number of nitrogens with zero attached hydrogens (tertiary/aromatic N) is 2. The van der Waals surface area contributed by atoms with E-state index >= 15 is 0 Å². The Kier molecular flexibility index (Phi) is 2.57. The van der Waals surface area contributed by atoms with Gasteiger partial charge in [0.25, 0.3) is 0 Å². The predicted octanol–water partition coefficient (Wildman–Crippen LogP) is 3.93. The van der Waals surface area contributed by atoms with Gasteiger partial charge in [-0.25, -0.2) is 4.98 Å². The van der Waals surface area contributed by atoms with Crippen LogP contribution in [0.5, 0.6) is 0 Å². The van der Waals surface area contributed by atoms with Crippen LogP contribution in [0.15, 0.2) is 24.5 Å². The summed E-state index contributed by atoms with van der Waals surface area (Å²) in [7, 11) is 0. The Hall–Kier alpha value is -1.31. The average molecular weight is 230 g/mol. The van der Waals surface area contributed by atoms with Gasteiger partial charge in [0.2, 0.25) is 0 Å². The smallest absolute Gasteiger partial charge is 0.137 e. The van der Waals surface area contributed by atoms with Crippen molar-refractivity contribution in [3.8, 4) is 0 Å². The molecule has 2 heterocycles. The van der Waals surface area contributed by atoms with Crippen LogP contribution in [0, 0.1) is 0 Å². The Balaban J connectivity index is 2.61. The Labute approximate surface area is 104 Å². The Morgan fingerprint density at radius 3 is 2.18 bits per heavy atom. The number of hydrogen-bond donors (Lipinski definition) is 0. The van der Waals surface area contributed by atoms with E-state index in [1.807, 2.05) is 6.20 Å². The van der Waals surface area contributed by atoms with Crippen molar-refractivity contribution in [3.63, 3.8) is 0 Å². The topological polar surface area (TPSA) is 17.3 Å². The van der Waals surface area contributed by atoms with Crippen molar-refractivity contribution in [1.82, 2.24) is 9.38 Å². The highest BCUT2D eigenvalue weighted by Gasteiger charge is 2.20. The van der Waals surface area contributed by atoms with Crippen LogP contribution >= 0.6 is 0 Å². The summed E-state index contributed by atoms with van der Waals surface area (Å²) in [5.74, 6) is 0. The Morgan fingerprint density at radius 1 is 1.00 bits per heavy atom. The molecule has 2 nitrogen and oxygen atoms in total. The molecular weight excluding hydrogens is 208 g/mol. The van der Waals surface area contributed by atoms with Gasteiger partial charge in [-0.1, -0.05) is 41.5 Å². The molecule has 0 unspecified atom stereocenters. The van der Waals surface area contributed by atoms with Crippen molar-refractivity contribution in [3.05, 3.63) is 35.8 Å². The van der Waals surface area contributed by atoms with E-state index in [1.54, 1.807) is 0 Å². The summed E-state index contributed by atoms with van der Waals surface area (Å²) in [5.41, 5.74) is 3.93. The van der Waals surface area contributed by atoms with Crippen LogP contribution in [0.4, 0.5) is 0 Å². The zero-order chi connectivity index (χ0) is 12.8. The van der Waals surface area contributed by atoms with Gasteiger partial charge in [0.15, 0.2) is 0 Å². The molecule has 0 aromatic carbocycles. The maximum Gasteiger partial charge on any atom is 0.137 e. The molecular formula is C15H22N2. The molecule has 2 aromatic heterocycles. The first-order valence-electron chi connectivity index (χ1n) is 6.18. The molecule has 0 aliphatic rings. The number of aromatic nitrogens is 2. The standard InChI is InChI=1S/C15H22N2/c1-14(2,3)11-7-8-17-12(15(4,5)6)10-16-13(17)9-11/h7-10H,1-6H3. The largest absolute Gasteiger partial charge is 0.304 e. The number of fused-ring (bicyclic) bond motifs is 1. The van der Waals surface area contributed by atoms with Crippen LogP contribution in [-0.4, -0.2) is 9.38 Å². The summed E-state index contributed by atoms with van der Waals surface area (Å²) < 4.78 is 2.19. The zero-order valence-corrected chi connectivity index (χ0v) is 11.7. The van der Waals surface area contributed by atoms with E-state index in [-0.39, 0.29) is 10.8 Å².